The van der Waals surface area contributed by atoms with Crippen LogP contribution in [0.1, 0.15) is 34.0 Å². The molecule has 0 fully saturated rings. The van der Waals surface area contributed by atoms with Crippen molar-refractivity contribution in [1.82, 2.24) is 16.1 Å². The lowest BCUT2D eigenvalue weighted by Crippen LogP contribution is -2.62. The van der Waals surface area contributed by atoms with Gasteiger partial charge in [0.15, 0.2) is 5.60 Å². The summed E-state index contributed by atoms with van der Waals surface area (Å²) in [5.41, 5.74) is 6.15. The summed E-state index contributed by atoms with van der Waals surface area (Å²) in [6.07, 6.45) is -3.13. The van der Waals surface area contributed by atoms with Crippen molar-refractivity contribution in [3.8, 4) is 11.8 Å². The molecular weight excluding hydrogens is 450 g/mol. The van der Waals surface area contributed by atoms with Gasteiger partial charge in [-0.1, -0.05) is 24.0 Å². The number of rotatable bonds is 8. The van der Waals surface area contributed by atoms with Gasteiger partial charge >= 0.3 is 6.03 Å². The van der Waals surface area contributed by atoms with Crippen LogP contribution in [0.2, 0.25) is 0 Å². The maximum absolute atomic E-state index is 13.5. The number of carbonyl (C=O) groups excluding carboxylic acids is 3. The van der Waals surface area contributed by atoms with Gasteiger partial charge in [-0.2, -0.15) is 0 Å². The van der Waals surface area contributed by atoms with Crippen LogP contribution in [0.4, 0.5) is 13.6 Å². The van der Waals surface area contributed by atoms with E-state index in [1.165, 1.54) is 17.6 Å². The Bertz CT molecular complexity index is 1080. The van der Waals surface area contributed by atoms with E-state index in [2.05, 4.69) is 22.5 Å². The topological polar surface area (TPSA) is 143 Å². The Balaban J connectivity index is 2.11. The Labute approximate surface area is 194 Å². The molecule has 0 radical (unpaired) electrons. The normalized spacial score (nSPS) is 13.1. The highest BCUT2D eigenvalue weighted by Gasteiger charge is 2.48. The molecule has 6 N–H and O–H groups in total. The number of nitrogens with two attached hydrogens (primary N) is 1. The number of hydroxylamine groups is 1. The Kier molecular flexibility index (Phi) is 9.06. The summed E-state index contributed by atoms with van der Waals surface area (Å²) in [7, 11) is 0.967. The average Bonchev–Trinajstić information content (AvgIpc) is 2.84. The van der Waals surface area contributed by atoms with E-state index < -0.39 is 35.9 Å². The van der Waals surface area contributed by atoms with Crippen molar-refractivity contribution in [2.24, 2.45) is 5.73 Å². The van der Waals surface area contributed by atoms with Gasteiger partial charge in [0.05, 0.1) is 0 Å². The number of ether oxygens (including phenoxy) is 1. The van der Waals surface area contributed by atoms with Crippen LogP contribution in [0.5, 0.6) is 0 Å². The number of alkyl halides is 2. The molecule has 0 aliphatic rings. The molecule has 0 aliphatic carbocycles. The number of hydrogen-bond donors (Lipinski definition) is 5. The largest absolute Gasteiger partial charge is 0.370 e. The smallest absolute Gasteiger partial charge is 0.312 e. The second-order valence-electron chi connectivity index (χ2n) is 7.31. The first kappa shape index (κ1) is 26.2. The third kappa shape index (κ3) is 6.74. The first-order valence-electron chi connectivity index (χ1n) is 9.93. The lowest BCUT2D eigenvalue weighted by molar-refractivity contribution is -0.157. The number of carbonyl (C=O) groups is 3. The summed E-state index contributed by atoms with van der Waals surface area (Å²) in [4.78, 5) is 35.2. The van der Waals surface area contributed by atoms with Gasteiger partial charge in [-0.05, 0) is 48.9 Å². The molecule has 9 nitrogen and oxygen atoms in total. The molecule has 4 amide bonds. The molecule has 2 aromatic carbocycles. The zero-order chi connectivity index (χ0) is 25.3. The quantitative estimate of drug-likeness (QED) is 0.224. The number of amides is 4. The van der Waals surface area contributed by atoms with Crippen LogP contribution in [-0.4, -0.2) is 48.2 Å². The van der Waals surface area contributed by atoms with Crippen LogP contribution in [0.3, 0.4) is 0 Å². The maximum atomic E-state index is 13.5. The van der Waals surface area contributed by atoms with Crippen LogP contribution in [-0.2, 0) is 16.1 Å². The first-order chi connectivity index (χ1) is 16.1. The molecule has 0 heterocycles. The lowest BCUT2D eigenvalue weighted by Gasteiger charge is -2.34. The fraction of sp³-hybridized carbons (Fsp3) is 0.261. The van der Waals surface area contributed by atoms with Crippen molar-refractivity contribution in [3.05, 3.63) is 70.8 Å². The summed E-state index contributed by atoms with van der Waals surface area (Å²) < 4.78 is 31.7. The molecule has 2 atom stereocenters. The minimum Gasteiger partial charge on any atom is -0.370 e. The first-order valence-corrected chi connectivity index (χ1v) is 9.93. The molecule has 180 valence electrons. The SMILES string of the molecule is COC(C)(C(F)F)[C@H](NC(=O)c1ccc(C#Cc2ccc(CNC(N)=O)cc2)cc1)C(=O)NO. The van der Waals surface area contributed by atoms with Crippen molar-refractivity contribution in [2.75, 3.05) is 7.11 Å². The molecule has 0 aromatic heterocycles. The molecule has 2 rings (SSSR count). The summed E-state index contributed by atoms with van der Waals surface area (Å²) in [6.45, 7) is 1.24. The van der Waals surface area contributed by atoms with Gasteiger partial charge in [-0.25, -0.2) is 19.1 Å². The van der Waals surface area contributed by atoms with E-state index in [0.717, 1.165) is 19.6 Å². The molecule has 1 unspecified atom stereocenters. The highest BCUT2D eigenvalue weighted by atomic mass is 19.3. The Morgan fingerprint density at radius 1 is 1.06 bits per heavy atom. The maximum Gasteiger partial charge on any atom is 0.312 e. The fourth-order valence-corrected chi connectivity index (χ4v) is 2.83. The standard InChI is InChI=1S/C23H24F2N4O5/c1-23(34-2,21(24)25)18(20(31)29-33)28-19(30)17-11-9-15(10-12-17)4-3-14-5-7-16(8-6-14)13-27-22(26)32/h5-12,18,21,33H,13H2,1-2H3,(H,28,30)(H,29,31)(H3,26,27,32)/t18-,23?/m1/s1. The zero-order valence-corrected chi connectivity index (χ0v) is 18.4. The number of methoxy groups -OCH3 is 1. The van der Waals surface area contributed by atoms with Crippen LogP contribution >= 0.6 is 0 Å². The van der Waals surface area contributed by atoms with Crippen LogP contribution in [0.15, 0.2) is 48.5 Å². The number of hydrogen-bond acceptors (Lipinski definition) is 5. The number of halogens is 2. The van der Waals surface area contributed by atoms with Gasteiger partial charge in [0.1, 0.15) is 6.04 Å². The fourth-order valence-electron chi connectivity index (χ4n) is 2.83. The van der Waals surface area contributed by atoms with E-state index in [4.69, 9.17) is 15.7 Å². The second-order valence-corrected chi connectivity index (χ2v) is 7.31. The summed E-state index contributed by atoms with van der Waals surface area (Å²) in [5, 5.41) is 13.5. The molecule has 0 bridgehead atoms. The van der Waals surface area contributed by atoms with E-state index in [1.807, 2.05) is 0 Å². The molecular formula is C23H24F2N4O5. The van der Waals surface area contributed by atoms with Gasteiger partial charge < -0.3 is 21.1 Å². The van der Waals surface area contributed by atoms with Crippen LogP contribution < -0.4 is 21.8 Å². The van der Waals surface area contributed by atoms with Crippen molar-refractivity contribution < 1.29 is 33.1 Å². The predicted molar refractivity (Wildman–Crippen MR) is 118 cm³/mol. The third-order valence-electron chi connectivity index (χ3n) is 5.01. The molecule has 0 aliphatic heterocycles. The predicted octanol–water partition coefficient (Wildman–Crippen LogP) is 1.53. The molecule has 34 heavy (non-hydrogen) atoms. The highest BCUT2D eigenvalue weighted by molar-refractivity contribution is 5.98. The van der Waals surface area contributed by atoms with Crippen LogP contribution in [0.25, 0.3) is 0 Å². The number of urea groups is 1. The van der Waals surface area contributed by atoms with Crippen molar-refractivity contribution >= 4 is 17.8 Å². The van der Waals surface area contributed by atoms with E-state index in [-0.39, 0.29) is 5.56 Å². The highest BCUT2D eigenvalue weighted by Crippen LogP contribution is 2.24. The molecule has 0 spiro atoms. The van der Waals surface area contributed by atoms with Crippen molar-refractivity contribution in [3.63, 3.8) is 0 Å². The van der Waals surface area contributed by atoms with Gasteiger partial charge in [-0.15, -0.1) is 0 Å². The van der Waals surface area contributed by atoms with Gasteiger partial charge in [0.25, 0.3) is 18.2 Å². The number of primary amides is 1. The Hall–Kier alpha value is -4.01. The van der Waals surface area contributed by atoms with Crippen molar-refractivity contribution in [1.29, 1.82) is 0 Å². The number of nitrogens with one attached hydrogen (secondary N) is 3. The van der Waals surface area contributed by atoms with Gasteiger partial charge in [0.2, 0.25) is 0 Å². The van der Waals surface area contributed by atoms with E-state index in [9.17, 15) is 23.2 Å². The van der Waals surface area contributed by atoms with Gasteiger partial charge in [0, 0.05) is 30.3 Å². The Morgan fingerprint density at radius 2 is 1.59 bits per heavy atom. The minimum absolute atomic E-state index is 0.0836. The molecule has 0 saturated carbocycles. The van der Waals surface area contributed by atoms with Crippen LogP contribution in [0, 0.1) is 11.8 Å². The monoisotopic (exact) mass is 474 g/mol. The van der Waals surface area contributed by atoms with E-state index in [0.29, 0.717) is 17.7 Å². The average molecular weight is 474 g/mol. The Morgan fingerprint density at radius 3 is 2.03 bits per heavy atom. The lowest BCUT2D eigenvalue weighted by atomic mass is 9.95. The second kappa shape index (κ2) is 11.7. The summed E-state index contributed by atoms with van der Waals surface area (Å²) >= 11 is 0. The number of benzene rings is 2. The summed E-state index contributed by atoms with van der Waals surface area (Å²) in [6, 6.07) is 10.6. The van der Waals surface area contributed by atoms with Crippen molar-refractivity contribution in [2.45, 2.75) is 31.5 Å². The summed E-state index contributed by atoms with van der Waals surface area (Å²) in [5.74, 6) is 3.80. The molecule has 0 saturated heterocycles. The third-order valence-corrected chi connectivity index (χ3v) is 5.01. The zero-order valence-electron chi connectivity index (χ0n) is 18.4. The van der Waals surface area contributed by atoms with E-state index >= 15 is 0 Å². The molecule has 2 aromatic rings. The van der Waals surface area contributed by atoms with Gasteiger partial charge in [-0.3, -0.25) is 14.8 Å². The van der Waals surface area contributed by atoms with E-state index in [1.54, 1.807) is 36.4 Å². The molecule has 11 heteroatoms. The minimum atomic E-state index is -3.13.